The van der Waals surface area contributed by atoms with Crippen LogP contribution in [0.2, 0.25) is 0 Å². The van der Waals surface area contributed by atoms with Crippen LogP contribution in [0.1, 0.15) is 51.9 Å². The van der Waals surface area contributed by atoms with Gasteiger partial charge < -0.3 is 5.32 Å². The lowest BCUT2D eigenvalue weighted by Gasteiger charge is -2.23. The summed E-state index contributed by atoms with van der Waals surface area (Å²) in [6, 6.07) is -0.0438. The van der Waals surface area contributed by atoms with Gasteiger partial charge in [-0.3, -0.25) is 10.1 Å². The SMILES string of the molecule is CC(SC1CCCCC1)C(=O)NC(=O)NC1CC1. The minimum Gasteiger partial charge on any atom is -0.335 e. The Balaban J connectivity index is 1.67. The predicted octanol–water partition coefficient (Wildman–Crippen LogP) is 2.43. The van der Waals surface area contributed by atoms with Crippen molar-refractivity contribution >= 4 is 23.7 Å². The van der Waals surface area contributed by atoms with E-state index in [2.05, 4.69) is 10.6 Å². The Hall–Kier alpha value is -0.710. The Bertz CT molecular complexity index is 312. The van der Waals surface area contributed by atoms with Crippen molar-refractivity contribution in [2.24, 2.45) is 0 Å². The molecule has 2 rings (SSSR count). The van der Waals surface area contributed by atoms with E-state index >= 15 is 0 Å². The average Bonchev–Trinajstić information content (AvgIpc) is 3.14. The van der Waals surface area contributed by atoms with Crippen molar-refractivity contribution in [3.8, 4) is 0 Å². The van der Waals surface area contributed by atoms with Gasteiger partial charge in [0.05, 0.1) is 5.25 Å². The second kappa shape index (κ2) is 6.45. The molecule has 0 aromatic heterocycles. The van der Waals surface area contributed by atoms with Gasteiger partial charge in [-0.05, 0) is 32.6 Å². The molecule has 0 bridgehead atoms. The highest BCUT2D eigenvalue weighted by atomic mass is 32.2. The normalized spacial score (nSPS) is 22.3. The second-order valence-corrected chi connectivity index (χ2v) is 6.92. The maximum absolute atomic E-state index is 11.8. The Morgan fingerprint density at radius 2 is 1.78 bits per heavy atom. The Morgan fingerprint density at radius 3 is 2.39 bits per heavy atom. The van der Waals surface area contributed by atoms with Gasteiger partial charge in [0.25, 0.3) is 0 Å². The lowest BCUT2D eigenvalue weighted by Crippen LogP contribution is -2.43. The molecule has 2 aliphatic rings. The van der Waals surface area contributed by atoms with Crippen molar-refractivity contribution in [2.75, 3.05) is 0 Å². The minimum absolute atomic E-state index is 0.141. The minimum atomic E-state index is -0.335. The van der Waals surface area contributed by atoms with Crippen LogP contribution in [-0.4, -0.2) is 28.5 Å². The summed E-state index contributed by atoms with van der Waals surface area (Å²) in [6.45, 7) is 1.89. The first kappa shape index (κ1) is 13.7. The van der Waals surface area contributed by atoms with E-state index in [4.69, 9.17) is 0 Å². The summed E-state index contributed by atoms with van der Waals surface area (Å²) < 4.78 is 0. The van der Waals surface area contributed by atoms with Crippen LogP contribution in [0.3, 0.4) is 0 Å². The number of amides is 3. The first-order valence-corrected chi connectivity index (χ1v) is 7.86. The highest BCUT2D eigenvalue weighted by Gasteiger charge is 2.26. The number of carbonyl (C=O) groups is 2. The van der Waals surface area contributed by atoms with Gasteiger partial charge in [-0.15, -0.1) is 11.8 Å². The van der Waals surface area contributed by atoms with Gasteiger partial charge >= 0.3 is 6.03 Å². The zero-order valence-electron chi connectivity index (χ0n) is 10.9. The molecule has 0 heterocycles. The number of nitrogens with one attached hydrogen (secondary N) is 2. The molecule has 3 amide bonds. The van der Waals surface area contributed by atoms with Crippen LogP contribution in [0.15, 0.2) is 0 Å². The van der Waals surface area contributed by atoms with E-state index < -0.39 is 0 Å². The van der Waals surface area contributed by atoms with E-state index in [0.717, 1.165) is 12.8 Å². The van der Waals surface area contributed by atoms with Crippen molar-refractivity contribution in [3.05, 3.63) is 0 Å². The summed E-state index contributed by atoms with van der Waals surface area (Å²) in [5.74, 6) is -0.163. The number of urea groups is 1. The summed E-state index contributed by atoms with van der Waals surface area (Å²) in [5.41, 5.74) is 0. The van der Waals surface area contributed by atoms with Crippen molar-refractivity contribution in [1.29, 1.82) is 0 Å². The van der Waals surface area contributed by atoms with Crippen molar-refractivity contribution in [2.45, 2.75) is 68.4 Å². The first-order chi connectivity index (χ1) is 8.65. The van der Waals surface area contributed by atoms with Crippen LogP contribution in [0.4, 0.5) is 4.79 Å². The third-order valence-corrected chi connectivity index (χ3v) is 4.95. The molecule has 1 unspecified atom stereocenters. The molecule has 18 heavy (non-hydrogen) atoms. The summed E-state index contributed by atoms with van der Waals surface area (Å²) in [6.07, 6.45) is 8.35. The standard InChI is InChI=1S/C13H22N2O2S/c1-9(18-11-5-3-2-4-6-11)12(16)15-13(17)14-10-7-8-10/h9-11H,2-8H2,1H3,(H2,14,15,16,17). The van der Waals surface area contributed by atoms with Crippen LogP contribution in [-0.2, 0) is 4.79 Å². The Kier molecular flexibility index (Phi) is 4.92. The van der Waals surface area contributed by atoms with E-state index in [1.807, 2.05) is 6.92 Å². The first-order valence-electron chi connectivity index (χ1n) is 6.92. The van der Waals surface area contributed by atoms with Crippen LogP contribution >= 0.6 is 11.8 Å². The number of rotatable bonds is 4. The van der Waals surface area contributed by atoms with E-state index in [1.165, 1.54) is 32.1 Å². The maximum atomic E-state index is 11.8. The third kappa shape index (κ3) is 4.52. The van der Waals surface area contributed by atoms with Crippen molar-refractivity contribution in [1.82, 2.24) is 10.6 Å². The number of imide groups is 1. The molecule has 0 aromatic carbocycles. The summed E-state index contributed by atoms with van der Waals surface area (Å²) in [7, 11) is 0. The number of hydrogen-bond donors (Lipinski definition) is 2. The second-order valence-electron chi connectivity index (χ2n) is 5.28. The summed E-state index contributed by atoms with van der Waals surface area (Å²) >= 11 is 1.71. The van der Waals surface area contributed by atoms with Crippen LogP contribution in [0, 0.1) is 0 Å². The van der Waals surface area contributed by atoms with Crippen molar-refractivity contribution in [3.63, 3.8) is 0 Å². The van der Waals surface area contributed by atoms with Crippen molar-refractivity contribution < 1.29 is 9.59 Å². The zero-order valence-corrected chi connectivity index (χ0v) is 11.7. The van der Waals surface area contributed by atoms with Gasteiger partial charge in [0, 0.05) is 11.3 Å². The Labute approximate surface area is 113 Å². The molecule has 0 radical (unpaired) electrons. The molecule has 0 aliphatic heterocycles. The molecule has 2 N–H and O–H groups in total. The highest BCUT2D eigenvalue weighted by Crippen LogP contribution is 2.30. The number of thioether (sulfide) groups is 1. The van der Waals surface area contributed by atoms with E-state index in [0.29, 0.717) is 11.3 Å². The fraction of sp³-hybridized carbons (Fsp3) is 0.846. The van der Waals surface area contributed by atoms with Gasteiger partial charge in [0.2, 0.25) is 5.91 Å². The highest BCUT2D eigenvalue weighted by molar-refractivity contribution is 8.01. The summed E-state index contributed by atoms with van der Waals surface area (Å²) in [5, 5.41) is 5.64. The monoisotopic (exact) mass is 270 g/mol. The van der Waals surface area contributed by atoms with Gasteiger partial charge in [-0.1, -0.05) is 19.3 Å². The van der Waals surface area contributed by atoms with Crippen LogP contribution in [0.25, 0.3) is 0 Å². The lowest BCUT2D eigenvalue weighted by molar-refractivity contribution is -0.119. The molecule has 0 saturated heterocycles. The van der Waals surface area contributed by atoms with Gasteiger partial charge in [0.15, 0.2) is 0 Å². The maximum Gasteiger partial charge on any atom is 0.321 e. The largest absolute Gasteiger partial charge is 0.335 e. The van der Waals surface area contributed by atoms with Crippen LogP contribution in [0.5, 0.6) is 0 Å². The molecule has 4 nitrogen and oxygen atoms in total. The van der Waals surface area contributed by atoms with E-state index in [1.54, 1.807) is 11.8 Å². The number of carbonyl (C=O) groups excluding carboxylic acids is 2. The topological polar surface area (TPSA) is 58.2 Å². The van der Waals surface area contributed by atoms with Gasteiger partial charge in [-0.2, -0.15) is 0 Å². The molecule has 5 heteroatoms. The van der Waals surface area contributed by atoms with Crippen LogP contribution < -0.4 is 10.6 Å². The molecule has 2 aliphatic carbocycles. The molecule has 0 aromatic rings. The molecule has 0 spiro atoms. The zero-order chi connectivity index (χ0) is 13.0. The summed E-state index contributed by atoms with van der Waals surface area (Å²) in [4.78, 5) is 23.3. The fourth-order valence-electron chi connectivity index (χ4n) is 2.21. The van der Waals surface area contributed by atoms with Gasteiger partial charge in [-0.25, -0.2) is 4.79 Å². The lowest BCUT2D eigenvalue weighted by atomic mass is 10.0. The van der Waals surface area contributed by atoms with E-state index in [-0.39, 0.29) is 17.2 Å². The smallest absolute Gasteiger partial charge is 0.321 e. The average molecular weight is 270 g/mol. The fourth-order valence-corrected chi connectivity index (χ4v) is 3.58. The molecule has 2 saturated carbocycles. The van der Waals surface area contributed by atoms with E-state index in [9.17, 15) is 9.59 Å². The molecular weight excluding hydrogens is 248 g/mol. The third-order valence-electron chi connectivity index (χ3n) is 3.47. The Morgan fingerprint density at radius 1 is 1.11 bits per heavy atom. The molecule has 1 atom stereocenters. The molecule has 102 valence electrons. The molecular formula is C13H22N2O2S. The van der Waals surface area contributed by atoms with Gasteiger partial charge in [0.1, 0.15) is 0 Å². The number of hydrogen-bond acceptors (Lipinski definition) is 3. The predicted molar refractivity (Wildman–Crippen MR) is 73.6 cm³/mol. The molecule has 2 fully saturated rings. The quantitative estimate of drug-likeness (QED) is 0.825.